The maximum absolute atomic E-state index is 12.7. The molecule has 1 saturated heterocycles. The van der Waals surface area contributed by atoms with Crippen LogP contribution in [0.4, 0.5) is 0 Å². The number of primary amides is 1. The molecule has 3 N–H and O–H groups in total. The highest BCUT2D eigenvalue weighted by Gasteiger charge is 2.30. The molecule has 0 aromatic heterocycles. The molecule has 2 amide bonds. The SMILES string of the molecule is NC(=O)C(c1ccc(C(=O)O)cc1)N1CCN(C(=O)Cc2ccc(Br)cc2Cl)CC1. The normalized spacial score (nSPS) is 15.6. The summed E-state index contributed by atoms with van der Waals surface area (Å²) < 4.78 is 0.853. The second kappa shape index (κ2) is 9.59. The molecule has 2 aromatic carbocycles. The summed E-state index contributed by atoms with van der Waals surface area (Å²) >= 11 is 9.56. The van der Waals surface area contributed by atoms with Crippen LogP contribution in [0.25, 0.3) is 0 Å². The van der Waals surface area contributed by atoms with E-state index in [1.54, 1.807) is 23.1 Å². The van der Waals surface area contributed by atoms with Gasteiger partial charge in [0.2, 0.25) is 11.8 Å². The molecule has 7 nitrogen and oxygen atoms in total. The van der Waals surface area contributed by atoms with Crippen LogP contribution in [0.15, 0.2) is 46.9 Å². The van der Waals surface area contributed by atoms with E-state index in [4.69, 9.17) is 22.4 Å². The Bertz CT molecular complexity index is 959. The zero-order valence-electron chi connectivity index (χ0n) is 16.1. The van der Waals surface area contributed by atoms with Crippen molar-refractivity contribution in [1.29, 1.82) is 0 Å². The van der Waals surface area contributed by atoms with Crippen molar-refractivity contribution in [3.63, 3.8) is 0 Å². The van der Waals surface area contributed by atoms with E-state index in [2.05, 4.69) is 15.9 Å². The smallest absolute Gasteiger partial charge is 0.335 e. The van der Waals surface area contributed by atoms with Crippen LogP contribution < -0.4 is 5.73 Å². The van der Waals surface area contributed by atoms with E-state index in [0.29, 0.717) is 36.8 Å². The standard InChI is InChI=1S/C21H21BrClN3O4/c22-16-6-5-15(17(23)12-16)11-18(27)25-7-9-26(10-8-25)19(20(24)28)13-1-3-14(4-2-13)21(29)30/h1-6,12,19H,7-11H2,(H2,24,28)(H,29,30). The number of rotatable bonds is 6. The molecule has 3 rings (SSSR count). The summed E-state index contributed by atoms with van der Waals surface area (Å²) in [6, 6.07) is 10.9. The lowest BCUT2D eigenvalue weighted by molar-refractivity contribution is -0.133. The molecular weight excluding hydrogens is 474 g/mol. The Balaban J connectivity index is 1.64. The quantitative estimate of drug-likeness (QED) is 0.643. The topological polar surface area (TPSA) is 104 Å². The third-order valence-corrected chi connectivity index (χ3v) is 5.98. The van der Waals surface area contributed by atoms with Crippen molar-refractivity contribution in [3.05, 3.63) is 68.7 Å². The average molecular weight is 495 g/mol. The summed E-state index contributed by atoms with van der Waals surface area (Å²) in [5.41, 5.74) is 7.17. The number of piperazine rings is 1. The maximum atomic E-state index is 12.7. The first-order chi connectivity index (χ1) is 14.3. The number of amides is 2. The Hall–Kier alpha value is -2.42. The third-order valence-electron chi connectivity index (χ3n) is 5.13. The Morgan fingerprint density at radius 1 is 1.07 bits per heavy atom. The van der Waals surface area contributed by atoms with Crippen molar-refractivity contribution in [2.75, 3.05) is 26.2 Å². The number of halogens is 2. The Morgan fingerprint density at radius 2 is 1.70 bits per heavy atom. The number of aromatic carboxylic acids is 1. The first kappa shape index (κ1) is 22.3. The highest BCUT2D eigenvalue weighted by atomic mass is 79.9. The minimum Gasteiger partial charge on any atom is -0.478 e. The van der Waals surface area contributed by atoms with Gasteiger partial charge in [-0.25, -0.2) is 4.79 Å². The van der Waals surface area contributed by atoms with Gasteiger partial charge < -0.3 is 15.7 Å². The molecule has 0 saturated carbocycles. The molecule has 0 aliphatic carbocycles. The van der Waals surface area contributed by atoms with Gasteiger partial charge in [-0.3, -0.25) is 14.5 Å². The Morgan fingerprint density at radius 3 is 2.23 bits per heavy atom. The largest absolute Gasteiger partial charge is 0.478 e. The van der Waals surface area contributed by atoms with E-state index in [0.717, 1.165) is 10.0 Å². The molecule has 0 radical (unpaired) electrons. The Kier molecular flexibility index (Phi) is 7.12. The number of carboxylic acid groups (broad SMARTS) is 1. The molecule has 158 valence electrons. The fraction of sp³-hybridized carbons (Fsp3) is 0.286. The minimum absolute atomic E-state index is 0.0275. The van der Waals surface area contributed by atoms with Crippen LogP contribution in [0, 0.1) is 0 Å². The maximum Gasteiger partial charge on any atom is 0.335 e. The van der Waals surface area contributed by atoms with Gasteiger partial charge in [0.1, 0.15) is 6.04 Å². The lowest BCUT2D eigenvalue weighted by atomic mass is 10.0. The summed E-state index contributed by atoms with van der Waals surface area (Å²) in [6.45, 7) is 1.89. The Labute approximate surface area is 187 Å². The van der Waals surface area contributed by atoms with Crippen LogP contribution in [0.2, 0.25) is 5.02 Å². The lowest BCUT2D eigenvalue weighted by Crippen LogP contribution is -2.52. The van der Waals surface area contributed by atoms with Crippen LogP contribution >= 0.6 is 27.5 Å². The number of nitrogens with two attached hydrogens (primary N) is 1. The highest BCUT2D eigenvalue weighted by molar-refractivity contribution is 9.10. The van der Waals surface area contributed by atoms with Crippen molar-refractivity contribution in [2.45, 2.75) is 12.5 Å². The summed E-state index contributed by atoms with van der Waals surface area (Å²) in [7, 11) is 0. The van der Waals surface area contributed by atoms with E-state index in [9.17, 15) is 14.4 Å². The first-order valence-electron chi connectivity index (χ1n) is 9.34. The number of nitrogens with zero attached hydrogens (tertiary/aromatic N) is 2. The fourth-order valence-corrected chi connectivity index (χ4v) is 4.27. The lowest BCUT2D eigenvalue weighted by Gasteiger charge is -2.38. The summed E-state index contributed by atoms with van der Waals surface area (Å²) in [6.07, 6.45) is 0.210. The van der Waals surface area contributed by atoms with E-state index in [1.165, 1.54) is 12.1 Å². The first-order valence-corrected chi connectivity index (χ1v) is 10.5. The average Bonchev–Trinajstić information content (AvgIpc) is 2.71. The van der Waals surface area contributed by atoms with Crippen LogP contribution in [-0.4, -0.2) is 58.9 Å². The van der Waals surface area contributed by atoms with Gasteiger partial charge in [-0.15, -0.1) is 0 Å². The molecular formula is C21H21BrClN3O4. The number of hydrogen-bond acceptors (Lipinski definition) is 4. The summed E-state index contributed by atoms with van der Waals surface area (Å²) in [5.74, 6) is -1.57. The molecule has 0 spiro atoms. The third kappa shape index (κ3) is 5.19. The molecule has 1 unspecified atom stereocenters. The van der Waals surface area contributed by atoms with Gasteiger partial charge in [0.05, 0.1) is 12.0 Å². The number of benzene rings is 2. The van der Waals surface area contributed by atoms with E-state index >= 15 is 0 Å². The monoisotopic (exact) mass is 493 g/mol. The van der Waals surface area contributed by atoms with Gasteiger partial charge in [0, 0.05) is 35.7 Å². The van der Waals surface area contributed by atoms with Gasteiger partial charge in [0.25, 0.3) is 0 Å². The zero-order valence-corrected chi connectivity index (χ0v) is 18.4. The summed E-state index contributed by atoms with van der Waals surface area (Å²) in [5, 5.41) is 9.58. The van der Waals surface area contributed by atoms with Crippen molar-refractivity contribution >= 4 is 45.3 Å². The highest BCUT2D eigenvalue weighted by Crippen LogP contribution is 2.25. The predicted octanol–water partition coefficient (Wildman–Crippen LogP) is 2.71. The van der Waals surface area contributed by atoms with Gasteiger partial charge in [-0.1, -0.05) is 45.7 Å². The van der Waals surface area contributed by atoms with Crippen molar-refractivity contribution in [1.82, 2.24) is 9.80 Å². The molecule has 0 bridgehead atoms. The second-order valence-corrected chi connectivity index (χ2v) is 8.38. The number of carboxylic acids is 1. The van der Waals surface area contributed by atoms with Crippen molar-refractivity contribution in [2.24, 2.45) is 5.73 Å². The van der Waals surface area contributed by atoms with Gasteiger partial charge in [-0.05, 0) is 35.4 Å². The minimum atomic E-state index is -1.03. The molecule has 1 atom stereocenters. The molecule has 9 heteroatoms. The van der Waals surface area contributed by atoms with E-state index in [-0.39, 0.29) is 17.9 Å². The van der Waals surface area contributed by atoms with Crippen molar-refractivity contribution < 1.29 is 19.5 Å². The second-order valence-electron chi connectivity index (χ2n) is 7.06. The van der Waals surface area contributed by atoms with Crippen molar-refractivity contribution in [3.8, 4) is 0 Å². The fourth-order valence-electron chi connectivity index (χ4n) is 3.53. The molecule has 30 heavy (non-hydrogen) atoms. The number of hydrogen-bond donors (Lipinski definition) is 2. The predicted molar refractivity (Wildman–Crippen MR) is 116 cm³/mol. The van der Waals surface area contributed by atoms with Crippen LogP contribution in [0.1, 0.15) is 27.5 Å². The number of carbonyl (C=O) groups is 3. The molecule has 1 heterocycles. The van der Waals surface area contributed by atoms with Gasteiger partial charge >= 0.3 is 5.97 Å². The van der Waals surface area contributed by atoms with Crippen LogP contribution in [0.3, 0.4) is 0 Å². The number of carbonyl (C=O) groups excluding carboxylic acids is 2. The van der Waals surface area contributed by atoms with E-state index in [1.807, 2.05) is 17.0 Å². The zero-order chi connectivity index (χ0) is 21.8. The van der Waals surface area contributed by atoms with Gasteiger partial charge in [0.15, 0.2) is 0 Å². The van der Waals surface area contributed by atoms with Gasteiger partial charge in [-0.2, -0.15) is 0 Å². The molecule has 2 aromatic rings. The molecule has 1 aliphatic heterocycles. The summed E-state index contributed by atoms with van der Waals surface area (Å²) in [4.78, 5) is 39.5. The van der Waals surface area contributed by atoms with Crippen LogP contribution in [-0.2, 0) is 16.0 Å². The molecule has 1 fully saturated rings. The van der Waals surface area contributed by atoms with E-state index < -0.39 is 17.9 Å². The molecule has 1 aliphatic rings. The van der Waals surface area contributed by atoms with Crippen LogP contribution in [0.5, 0.6) is 0 Å².